The van der Waals surface area contributed by atoms with Crippen LogP contribution in [0.25, 0.3) is 10.6 Å². The second kappa shape index (κ2) is 6.45. The van der Waals surface area contributed by atoms with Crippen LogP contribution in [0.3, 0.4) is 0 Å². The number of aromatic nitrogens is 2. The van der Waals surface area contributed by atoms with E-state index in [9.17, 15) is 0 Å². The molecule has 0 saturated carbocycles. The van der Waals surface area contributed by atoms with E-state index in [4.69, 9.17) is 4.74 Å². The highest BCUT2D eigenvalue weighted by Crippen LogP contribution is 2.33. The van der Waals surface area contributed by atoms with E-state index in [0.29, 0.717) is 12.6 Å². The summed E-state index contributed by atoms with van der Waals surface area (Å²) in [6.07, 6.45) is 0.947. The monoisotopic (exact) mass is 297 g/mol. The van der Waals surface area contributed by atoms with E-state index >= 15 is 0 Å². The van der Waals surface area contributed by atoms with Crippen molar-refractivity contribution in [3.63, 3.8) is 0 Å². The van der Waals surface area contributed by atoms with Crippen molar-refractivity contribution < 1.29 is 4.74 Å². The Kier molecular flexibility index (Phi) is 4.90. The Bertz CT molecular complexity index is 534. The van der Waals surface area contributed by atoms with Gasteiger partial charge in [0.15, 0.2) is 5.13 Å². The van der Waals surface area contributed by atoms with E-state index in [1.807, 2.05) is 0 Å². The van der Waals surface area contributed by atoms with Crippen LogP contribution in [-0.2, 0) is 17.8 Å². The first-order valence-corrected chi connectivity index (χ1v) is 8.03. The van der Waals surface area contributed by atoms with Crippen molar-refractivity contribution in [2.45, 2.75) is 39.8 Å². The molecular formula is C13H19N3OS2. The number of nitrogens with zero attached hydrogens (tertiary/aromatic N) is 2. The van der Waals surface area contributed by atoms with E-state index in [1.165, 1.54) is 0 Å². The predicted octanol–water partition coefficient (Wildman–Crippen LogP) is 3.80. The van der Waals surface area contributed by atoms with Gasteiger partial charge >= 0.3 is 0 Å². The molecule has 0 aliphatic rings. The maximum atomic E-state index is 5.22. The average Bonchev–Trinajstić information content (AvgIpc) is 2.95. The van der Waals surface area contributed by atoms with E-state index in [1.54, 1.807) is 29.8 Å². The molecule has 19 heavy (non-hydrogen) atoms. The number of methoxy groups -OCH3 is 1. The number of aryl methyl sites for hydroxylation is 1. The minimum absolute atomic E-state index is 0.394. The highest BCUT2D eigenvalue weighted by Gasteiger charge is 2.15. The van der Waals surface area contributed by atoms with Crippen molar-refractivity contribution in [2.75, 3.05) is 12.4 Å². The zero-order valence-electron chi connectivity index (χ0n) is 11.7. The Morgan fingerprint density at radius 3 is 2.79 bits per heavy atom. The Hall–Kier alpha value is -0.980. The highest BCUT2D eigenvalue weighted by atomic mass is 32.1. The number of thiazole rings is 2. The first-order chi connectivity index (χ1) is 9.13. The third-order valence-corrected chi connectivity index (χ3v) is 4.51. The fraction of sp³-hybridized carbons (Fsp3) is 0.538. The minimum atomic E-state index is 0.394. The molecule has 0 saturated heterocycles. The first-order valence-electron chi connectivity index (χ1n) is 6.34. The molecule has 104 valence electrons. The zero-order chi connectivity index (χ0) is 13.8. The smallest absolute Gasteiger partial charge is 0.183 e. The lowest BCUT2D eigenvalue weighted by Crippen LogP contribution is -2.08. The van der Waals surface area contributed by atoms with Crippen molar-refractivity contribution in [3.05, 3.63) is 16.1 Å². The quantitative estimate of drug-likeness (QED) is 0.881. The molecule has 4 nitrogen and oxygen atoms in total. The molecule has 1 N–H and O–H groups in total. The number of anilines is 1. The molecule has 2 aromatic rings. The van der Waals surface area contributed by atoms with Crippen molar-refractivity contribution in [2.24, 2.45) is 0 Å². The number of rotatable bonds is 6. The molecule has 0 amide bonds. The molecule has 2 heterocycles. The summed E-state index contributed by atoms with van der Waals surface area (Å²) in [7, 11) is 1.70. The molecule has 0 spiro atoms. The van der Waals surface area contributed by atoms with Crippen molar-refractivity contribution in [1.82, 2.24) is 9.97 Å². The van der Waals surface area contributed by atoms with Crippen LogP contribution in [0.1, 0.15) is 31.5 Å². The zero-order valence-corrected chi connectivity index (χ0v) is 13.3. The number of nitrogens with one attached hydrogen (secondary N) is 1. The summed E-state index contributed by atoms with van der Waals surface area (Å²) in [4.78, 5) is 10.4. The third-order valence-electron chi connectivity index (χ3n) is 2.47. The van der Waals surface area contributed by atoms with Gasteiger partial charge in [0.05, 0.1) is 27.9 Å². The molecule has 0 atom stereocenters. The summed E-state index contributed by atoms with van der Waals surface area (Å²) >= 11 is 3.34. The Labute approximate surface area is 121 Å². The highest BCUT2D eigenvalue weighted by molar-refractivity contribution is 7.16. The lowest BCUT2D eigenvalue weighted by Gasteiger charge is -2.04. The van der Waals surface area contributed by atoms with Crippen LogP contribution in [0.2, 0.25) is 0 Å². The van der Waals surface area contributed by atoms with Crippen LogP contribution < -0.4 is 5.32 Å². The summed E-state index contributed by atoms with van der Waals surface area (Å²) in [5.74, 6) is 0. The van der Waals surface area contributed by atoms with E-state index in [2.05, 4.69) is 41.4 Å². The van der Waals surface area contributed by atoms with Gasteiger partial charge < -0.3 is 10.1 Å². The van der Waals surface area contributed by atoms with Gasteiger partial charge in [-0.05, 0) is 20.3 Å². The van der Waals surface area contributed by atoms with Crippen LogP contribution in [0.5, 0.6) is 0 Å². The van der Waals surface area contributed by atoms with E-state index in [-0.39, 0.29) is 0 Å². The number of hydrogen-bond acceptors (Lipinski definition) is 6. The van der Waals surface area contributed by atoms with Gasteiger partial charge in [0.1, 0.15) is 0 Å². The fourth-order valence-corrected chi connectivity index (χ4v) is 3.57. The van der Waals surface area contributed by atoms with Crippen LogP contribution >= 0.6 is 22.7 Å². The van der Waals surface area contributed by atoms with Crippen LogP contribution in [0, 0.1) is 0 Å². The molecule has 0 aliphatic carbocycles. The number of hydrogen-bond donors (Lipinski definition) is 1. The molecule has 2 aromatic heterocycles. The lowest BCUT2D eigenvalue weighted by atomic mass is 10.3. The van der Waals surface area contributed by atoms with Gasteiger partial charge in [-0.25, -0.2) is 9.97 Å². The second-order valence-corrected chi connectivity index (χ2v) is 6.45. The maximum absolute atomic E-state index is 5.22. The fourth-order valence-electron chi connectivity index (χ4n) is 1.68. The molecular weight excluding hydrogens is 278 g/mol. The molecule has 0 aliphatic heterocycles. The minimum Gasteiger partial charge on any atom is -0.378 e. The van der Waals surface area contributed by atoms with Crippen LogP contribution in [0.4, 0.5) is 5.13 Å². The van der Waals surface area contributed by atoms with Gasteiger partial charge in [-0.2, -0.15) is 0 Å². The van der Waals surface area contributed by atoms with Gasteiger partial charge in [0, 0.05) is 18.5 Å². The molecule has 6 heteroatoms. The Balaban J connectivity index is 2.29. The second-order valence-electron chi connectivity index (χ2n) is 4.51. The SMILES string of the molecule is CCc1nc(COC)c(-c2csc(NC(C)C)n2)s1. The van der Waals surface area contributed by atoms with Gasteiger partial charge in [-0.1, -0.05) is 6.92 Å². The van der Waals surface area contributed by atoms with Crippen molar-refractivity contribution in [1.29, 1.82) is 0 Å². The largest absolute Gasteiger partial charge is 0.378 e. The molecule has 2 rings (SSSR count). The summed E-state index contributed by atoms with van der Waals surface area (Å²) in [6, 6.07) is 0.394. The molecule has 0 unspecified atom stereocenters. The Morgan fingerprint density at radius 1 is 1.37 bits per heavy atom. The van der Waals surface area contributed by atoms with Gasteiger partial charge in [-0.15, -0.1) is 22.7 Å². The summed E-state index contributed by atoms with van der Waals surface area (Å²) in [5.41, 5.74) is 1.99. The summed E-state index contributed by atoms with van der Waals surface area (Å²) < 4.78 is 5.22. The summed E-state index contributed by atoms with van der Waals surface area (Å²) in [5, 5.41) is 7.50. The topological polar surface area (TPSA) is 47.0 Å². The molecule has 0 fully saturated rings. The van der Waals surface area contributed by atoms with Crippen molar-refractivity contribution >= 4 is 27.8 Å². The van der Waals surface area contributed by atoms with Crippen LogP contribution in [-0.4, -0.2) is 23.1 Å². The predicted molar refractivity (Wildman–Crippen MR) is 82.1 cm³/mol. The van der Waals surface area contributed by atoms with Gasteiger partial charge in [-0.3, -0.25) is 0 Å². The average molecular weight is 297 g/mol. The molecule has 0 bridgehead atoms. The third kappa shape index (κ3) is 3.52. The van der Waals surface area contributed by atoms with Gasteiger partial charge in [0.2, 0.25) is 0 Å². The lowest BCUT2D eigenvalue weighted by molar-refractivity contribution is 0.182. The van der Waals surface area contributed by atoms with E-state index < -0.39 is 0 Å². The van der Waals surface area contributed by atoms with Crippen LogP contribution in [0.15, 0.2) is 5.38 Å². The molecule has 0 radical (unpaired) electrons. The number of ether oxygens (including phenoxy) is 1. The maximum Gasteiger partial charge on any atom is 0.183 e. The van der Waals surface area contributed by atoms with Gasteiger partial charge in [0.25, 0.3) is 0 Å². The van der Waals surface area contributed by atoms with E-state index in [0.717, 1.165) is 32.8 Å². The first kappa shape index (κ1) is 14.4. The molecule has 0 aromatic carbocycles. The summed E-state index contributed by atoms with van der Waals surface area (Å²) in [6.45, 7) is 6.88. The van der Waals surface area contributed by atoms with Crippen molar-refractivity contribution in [3.8, 4) is 10.6 Å². The standard InChI is InChI=1S/C13H19N3OS2/c1-5-11-15-9(6-17-4)12(19-11)10-7-18-13(16-10)14-8(2)3/h7-8H,5-6H2,1-4H3,(H,14,16). The normalized spacial score (nSPS) is 11.2. The Morgan fingerprint density at radius 2 is 2.16 bits per heavy atom.